The standard InChI is InChI=1S/C23H27N3O4S/c1-15(16-7-5-4-6-8-16)24-23(31)26(9-10-27)14-18-11-17-12-20(29-2)21(30-3)13-19(17)25-22(18)28/h4-8,11-13,15,27H,9-10,14H2,1-3H3,(H,24,31)(H,25,28). The molecule has 0 saturated carbocycles. The number of hydrogen-bond donors (Lipinski definition) is 3. The van der Waals surface area contributed by atoms with Crippen molar-refractivity contribution in [3.8, 4) is 11.5 Å². The first-order valence-electron chi connectivity index (χ1n) is 9.96. The molecule has 3 aromatic rings. The third kappa shape index (κ3) is 5.34. The quantitative estimate of drug-likeness (QED) is 0.463. The van der Waals surface area contributed by atoms with Crippen molar-refractivity contribution in [1.29, 1.82) is 0 Å². The zero-order valence-electron chi connectivity index (χ0n) is 17.8. The lowest BCUT2D eigenvalue weighted by Crippen LogP contribution is -2.42. The van der Waals surface area contributed by atoms with Crippen LogP contribution in [0.15, 0.2) is 53.3 Å². The second-order valence-electron chi connectivity index (χ2n) is 7.15. The van der Waals surface area contributed by atoms with Crippen LogP contribution in [0.3, 0.4) is 0 Å². The number of aliphatic hydroxyl groups excluding tert-OH is 1. The Hall–Kier alpha value is -3.10. The van der Waals surface area contributed by atoms with Crippen molar-refractivity contribution >= 4 is 28.2 Å². The van der Waals surface area contributed by atoms with Crippen molar-refractivity contribution in [3.63, 3.8) is 0 Å². The number of aliphatic hydroxyl groups is 1. The number of aromatic amines is 1. The Balaban J connectivity index is 1.85. The van der Waals surface area contributed by atoms with Gasteiger partial charge >= 0.3 is 0 Å². The topological polar surface area (TPSA) is 86.8 Å². The maximum Gasteiger partial charge on any atom is 0.253 e. The summed E-state index contributed by atoms with van der Waals surface area (Å²) in [6.45, 7) is 2.49. The van der Waals surface area contributed by atoms with Crippen LogP contribution in [0.4, 0.5) is 0 Å². The first kappa shape index (κ1) is 22.6. The summed E-state index contributed by atoms with van der Waals surface area (Å²) in [5.41, 5.74) is 2.06. The average Bonchev–Trinajstić information content (AvgIpc) is 2.78. The molecule has 0 aliphatic carbocycles. The lowest BCUT2D eigenvalue weighted by molar-refractivity contribution is 0.244. The van der Waals surface area contributed by atoms with Crippen LogP contribution in [0, 0.1) is 0 Å². The predicted octanol–water partition coefficient (Wildman–Crippen LogP) is 2.98. The van der Waals surface area contributed by atoms with Crippen molar-refractivity contribution in [2.45, 2.75) is 19.5 Å². The van der Waals surface area contributed by atoms with Gasteiger partial charge in [-0.2, -0.15) is 0 Å². The molecule has 1 unspecified atom stereocenters. The van der Waals surface area contributed by atoms with Crippen LogP contribution in [0.2, 0.25) is 0 Å². The molecule has 0 amide bonds. The molecule has 7 nitrogen and oxygen atoms in total. The van der Waals surface area contributed by atoms with Gasteiger partial charge in [-0.25, -0.2) is 0 Å². The molecular weight excluding hydrogens is 414 g/mol. The minimum Gasteiger partial charge on any atom is -0.493 e. The number of rotatable bonds is 8. The fraction of sp³-hybridized carbons (Fsp3) is 0.304. The molecular formula is C23H27N3O4S. The van der Waals surface area contributed by atoms with Gasteiger partial charge in [0.15, 0.2) is 16.6 Å². The number of aromatic nitrogens is 1. The molecule has 31 heavy (non-hydrogen) atoms. The molecule has 3 N–H and O–H groups in total. The first-order chi connectivity index (χ1) is 15.0. The highest BCUT2D eigenvalue weighted by Crippen LogP contribution is 2.31. The third-order valence-electron chi connectivity index (χ3n) is 5.08. The van der Waals surface area contributed by atoms with E-state index in [1.165, 1.54) is 0 Å². The summed E-state index contributed by atoms with van der Waals surface area (Å²) in [5.74, 6) is 1.12. The molecule has 1 heterocycles. The van der Waals surface area contributed by atoms with E-state index in [4.69, 9.17) is 21.7 Å². The van der Waals surface area contributed by atoms with Crippen molar-refractivity contribution in [1.82, 2.24) is 15.2 Å². The molecule has 1 aromatic heterocycles. The lowest BCUT2D eigenvalue weighted by Gasteiger charge is -2.27. The Labute approximate surface area is 186 Å². The van der Waals surface area contributed by atoms with E-state index in [1.54, 1.807) is 25.2 Å². The molecule has 3 rings (SSSR count). The second-order valence-corrected chi connectivity index (χ2v) is 7.53. The van der Waals surface area contributed by atoms with E-state index in [1.807, 2.05) is 49.4 Å². The van der Waals surface area contributed by atoms with Gasteiger partial charge in [0.1, 0.15) is 0 Å². The van der Waals surface area contributed by atoms with Crippen molar-refractivity contribution in [2.24, 2.45) is 0 Å². The highest BCUT2D eigenvalue weighted by molar-refractivity contribution is 7.80. The lowest BCUT2D eigenvalue weighted by atomic mass is 10.1. The average molecular weight is 442 g/mol. The first-order valence-corrected chi connectivity index (χ1v) is 10.4. The number of methoxy groups -OCH3 is 2. The van der Waals surface area contributed by atoms with E-state index in [9.17, 15) is 9.90 Å². The molecule has 0 aliphatic rings. The normalized spacial score (nSPS) is 11.7. The van der Waals surface area contributed by atoms with Gasteiger partial charge in [0.25, 0.3) is 5.56 Å². The highest BCUT2D eigenvalue weighted by atomic mass is 32.1. The van der Waals surface area contributed by atoms with E-state index >= 15 is 0 Å². The minimum absolute atomic E-state index is 0.0125. The number of fused-ring (bicyclic) bond motifs is 1. The number of pyridine rings is 1. The van der Waals surface area contributed by atoms with E-state index in [0.29, 0.717) is 34.2 Å². The van der Waals surface area contributed by atoms with Gasteiger partial charge < -0.3 is 29.8 Å². The Bertz CT molecular complexity index is 1100. The van der Waals surface area contributed by atoms with E-state index in [0.717, 1.165) is 10.9 Å². The number of ether oxygens (including phenoxy) is 2. The van der Waals surface area contributed by atoms with Gasteiger partial charge in [-0.05, 0) is 36.8 Å². The zero-order chi connectivity index (χ0) is 22.4. The Morgan fingerprint density at radius 2 is 1.84 bits per heavy atom. The summed E-state index contributed by atoms with van der Waals surface area (Å²) in [7, 11) is 3.12. The summed E-state index contributed by atoms with van der Waals surface area (Å²) in [4.78, 5) is 17.4. The predicted molar refractivity (Wildman–Crippen MR) is 126 cm³/mol. The zero-order valence-corrected chi connectivity index (χ0v) is 18.7. The van der Waals surface area contributed by atoms with Crippen molar-refractivity contribution in [2.75, 3.05) is 27.4 Å². The number of hydrogen-bond acceptors (Lipinski definition) is 5. The van der Waals surface area contributed by atoms with Gasteiger partial charge in [-0.3, -0.25) is 4.79 Å². The van der Waals surface area contributed by atoms with Crippen molar-refractivity contribution < 1.29 is 14.6 Å². The van der Waals surface area contributed by atoms with Gasteiger partial charge in [-0.1, -0.05) is 30.3 Å². The minimum atomic E-state index is -0.221. The molecule has 0 spiro atoms. The number of nitrogens with zero attached hydrogens (tertiary/aromatic N) is 1. The van der Waals surface area contributed by atoms with Crippen LogP contribution in [-0.4, -0.2) is 47.5 Å². The monoisotopic (exact) mass is 441 g/mol. The maximum atomic E-state index is 12.7. The molecule has 0 radical (unpaired) electrons. The highest BCUT2D eigenvalue weighted by Gasteiger charge is 2.16. The summed E-state index contributed by atoms with van der Waals surface area (Å²) in [6, 6.07) is 15.3. The molecule has 1 atom stereocenters. The van der Waals surface area contributed by atoms with E-state index in [2.05, 4.69) is 10.3 Å². The number of H-pyrrole nitrogens is 1. The number of benzene rings is 2. The molecule has 0 bridgehead atoms. The van der Waals surface area contributed by atoms with E-state index < -0.39 is 0 Å². The van der Waals surface area contributed by atoms with Gasteiger partial charge in [-0.15, -0.1) is 0 Å². The van der Waals surface area contributed by atoms with Crippen LogP contribution < -0.4 is 20.3 Å². The molecule has 2 aromatic carbocycles. The molecule has 0 fully saturated rings. The van der Waals surface area contributed by atoms with Crippen LogP contribution in [0.25, 0.3) is 10.9 Å². The maximum absolute atomic E-state index is 12.7. The summed E-state index contributed by atoms with van der Waals surface area (Å²) >= 11 is 5.58. The van der Waals surface area contributed by atoms with E-state index in [-0.39, 0.29) is 24.8 Å². The van der Waals surface area contributed by atoms with Crippen molar-refractivity contribution in [3.05, 3.63) is 70.0 Å². The van der Waals surface area contributed by atoms with Crippen LogP contribution in [0.5, 0.6) is 11.5 Å². The van der Waals surface area contributed by atoms with Crippen LogP contribution in [0.1, 0.15) is 24.1 Å². The largest absolute Gasteiger partial charge is 0.493 e. The summed E-state index contributed by atoms with van der Waals surface area (Å²) < 4.78 is 10.7. The molecule has 164 valence electrons. The second kappa shape index (κ2) is 10.3. The Kier molecular flexibility index (Phi) is 7.49. The molecule has 0 aliphatic heterocycles. The number of nitrogens with one attached hydrogen (secondary N) is 2. The molecule has 8 heteroatoms. The number of thiocarbonyl (C=S) groups is 1. The van der Waals surface area contributed by atoms with Crippen LogP contribution >= 0.6 is 12.2 Å². The third-order valence-corrected chi connectivity index (χ3v) is 5.46. The van der Waals surface area contributed by atoms with Gasteiger partial charge in [0.2, 0.25) is 0 Å². The SMILES string of the molecule is COc1cc2cc(CN(CCO)C(=S)NC(C)c3ccccc3)c(=O)[nH]c2cc1OC. The molecule has 0 saturated heterocycles. The van der Waals surface area contributed by atoms with Gasteiger partial charge in [0, 0.05) is 23.6 Å². The fourth-order valence-electron chi connectivity index (χ4n) is 3.38. The smallest absolute Gasteiger partial charge is 0.253 e. The Morgan fingerprint density at radius 3 is 2.48 bits per heavy atom. The van der Waals surface area contributed by atoms with Gasteiger partial charge in [0.05, 0.1) is 38.9 Å². The summed E-state index contributed by atoms with van der Waals surface area (Å²) in [5, 5.41) is 14.1. The van der Waals surface area contributed by atoms with Crippen LogP contribution in [-0.2, 0) is 6.54 Å². The summed E-state index contributed by atoms with van der Waals surface area (Å²) in [6.07, 6.45) is 0. The Morgan fingerprint density at radius 1 is 1.16 bits per heavy atom. The fourth-order valence-corrected chi connectivity index (χ4v) is 3.71.